The smallest absolute Gasteiger partial charge is 0.226 e. The van der Waals surface area contributed by atoms with Crippen molar-refractivity contribution in [3.63, 3.8) is 0 Å². The Morgan fingerprint density at radius 2 is 1.40 bits per heavy atom. The molecule has 140 valence electrons. The van der Waals surface area contributed by atoms with Crippen molar-refractivity contribution >= 4 is 5.91 Å². The van der Waals surface area contributed by atoms with E-state index in [0.717, 1.165) is 57.9 Å². The van der Waals surface area contributed by atoms with Crippen LogP contribution in [-0.4, -0.2) is 85.2 Å². The monoisotopic (exact) mass is 347 g/mol. The van der Waals surface area contributed by atoms with E-state index in [4.69, 9.17) is 4.74 Å². The normalized spacial score (nSPS) is 34.4. The average Bonchev–Trinajstić information content (AvgIpc) is 3.59. The third-order valence-corrected chi connectivity index (χ3v) is 7.68. The molecule has 3 saturated heterocycles. The van der Waals surface area contributed by atoms with Crippen molar-refractivity contribution in [3.05, 3.63) is 0 Å². The van der Waals surface area contributed by atoms with E-state index in [9.17, 15) is 4.79 Å². The lowest BCUT2D eigenvalue weighted by molar-refractivity contribution is -0.135. The summed E-state index contributed by atoms with van der Waals surface area (Å²) < 4.78 is 5.51. The number of hydrogen-bond donors (Lipinski definition) is 0. The van der Waals surface area contributed by atoms with Crippen molar-refractivity contribution in [1.29, 1.82) is 0 Å². The molecule has 1 atom stereocenters. The van der Waals surface area contributed by atoms with E-state index < -0.39 is 0 Å². The van der Waals surface area contributed by atoms with Crippen LogP contribution in [0.1, 0.15) is 44.9 Å². The maximum atomic E-state index is 13.0. The van der Waals surface area contributed by atoms with Crippen LogP contribution in [0.2, 0.25) is 0 Å². The van der Waals surface area contributed by atoms with Gasteiger partial charge in [0.2, 0.25) is 5.91 Å². The molecule has 25 heavy (non-hydrogen) atoms. The molecule has 0 N–H and O–H groups in total. The summed E-state index contributed by atoms with van der Waals surface area (Å²) in [6.45, 7) is 8.40. The molecule has 5 aliphatic rings. The molecule has 0 aromatic heterocycles. The fraction of sp³-hybridized carbons (Fsp3) is 0.950. The number of carbonyl (C=O) groups excluding carboxylic acids is 1. The molecule has 5 fully saturated rings. The predicted octanol–water partition coefficient (Wildman–Crippen LogP) is 1.57. The first-order chi connectivity index (χ1) is 12.3. The standard InChI is InChI=1S/C20H33N3O2/c24-19(23-11-9-22(10-12-23)16-1-2-16)18-15-20(18)5-7-21(8-6-20)17-3-13-25-14-4-17/h16-18H,1-15H2. The van der Waals surface area contributed by atoms with E-state index in [1.54, 1.807) is 0 Å². The highest BCUT2D eigenvalue weighted by Gasteiger charge is 2.59. The van der Waals surface area contributed by atoms with Crippen molar-refractivity contribution in [2.24, 2.45) is 11.3 Å². The van der Waals surface area contributed by atoms with Gasteiger partial charge in [-0.2, -0.15) is 0 Å². The Morgan fingerprint density at radius 3 is 2.04 bits per heavy atom. The second kappa shape index (κ2) is 6.50. The topological polar surface area (TPSA) is 36.0 Å². The second-order valence-electron chi connectivity index (χ2n) is 9.09. The SMILES string of the molecule is O=C(C1CC12CCN(C1CCOCC1)CC2)N1CCN(C2CC2)CC1. The zero-order valence-corrected chi connectivity index (χ0v) is 15.5. The highest BCUT2D eigenvalue weighted by Crippen LogP contribution is 2.60. The Bertz CT molecular complexity index is 499. The van der Waals surface area contributed by atoms with Crippen molar-refractivity contribution in [2.45, 2.75) is 57.0 Å². The molecule has 1 amide bonds. The van der Waals surface area contributed by atoms with Gasteiger partial charge in [0, 0.05) is 57.4 Å². The summed E-state index contributed by atoms with van der Waals surface area (Å²) in [5.74, 6) is 0.826. The molecule has 0 aromatic carbocycles. The molecule has 5 rings (SSSR count). The fourth-order valence-corrected chi connectivity index (χ4v) is 5.60. The molecule has 5 heteroatoms. The molecule has 0 aromatic rings. The van der Waals surface area contributed by atoms with Gasteiger partial charge in [0.25, 0.3) is 0 Å². The van der Waals surface area contributed by atoms with Gasteiger partial charge in [0.15, 0.2) is 0 Å². The van der Waals surface area contributed by atoms with Crippen LogP contribution in [0, 0.1) is 11.3 Å². The van der Waals surface area contributed by atoms with Gasteiger partial charge in [-0.05, 0) is 63.5 Å². The molecule has 5 nitrogen and oxygen atoms in total. The van der Waals surface area contributed by atoms with Crippen LogP contribution in [0.25, 0.3) is 0 Å². The van der Waals surface area contributed by atoms with Gasteiger partial charge in [0.1, 0.15) is 0 Å². The van der Waals surface area contributed by atoms with E-state index in [1.807, 2.05) is 0 Å². The van der Waals surface area contributed by atoms with Gasteiger partial charge in [-0.15, -0.1) is 0 Å². The number of hydrogen-bond acceptors (Lipinski definition) is 4. The predicted molar refractivity (Wildman–Crippen MR) is 96.4 cm³/mol. The van der Waals surface area contributed by atoms with E-state index in [0.29, 0.717) is 17.2 Å². The Morgan fingerprint density at radius 1 is 0.800 bits per heavy atom. The molecule has 1 spiro atoms. The van der Waals surface area contributed by atoms with Crippen molar-refractivity contribution < 1.29 is 9.53 Å². The lowest BCUT2D eigenvalue weighted by atomic mass is 9.89. The van der Waals surface area contributed by atoms with Crippen LogP contribution in [0.3, 0.4) is 0 Å². The minimum absolute atomic E-state index is 0.344. The summed E-state index contributed by atoms with van der Waals surface area (Å²) >= 11 is 0. The number of nitrogens with zero attached hydrogens (tertiary/aromatic N) is 3. The fourth-order valence-electron chi connectivity index (χ4n) is 5.60. The van der Waals surface area contributed by atoms with Crippen LogP contribution in [-0.2, 0) is 9.53 Å². The first-order valence-electron chi connectivity index (χ1n) is 10.6. The van der Waals surface area contributed by atoms with Gasteiger partial charge in [-0.3, -0.25) is 9.69 Å². The van der Waals surface area contributed by atoms with Gasteiger partial charge >= 0.3 is 0 Å². The Labute approximate surface area is 151 Å². The van der Waals surface area contributed by atoms with Crippen LogP contribution in [0.4, 0.5) is 0 Å². The molecule has 2 saturated carbocycles. The molecular formula is C20H33N3O2. The number of likely N-dealkylation sites (tertiary alicyclic amines) is 1. The Kier molecular flexibility index (Phi) is 4.30. The van der Waals surface area contributed by atoms with Gasteiger partial charge in [-0.1, -0.05) is 0 Å². The maximum absolute atomic E-state index is 13.0. The number of piperazine rings is 1. The average molecular weight is 348 g/mol. The lowest BCUT2D eigenvalue weighted by Crippen LogP contribution is -2.50. The first kappa shape index (κ1) is 16.5. The molecular weight excluding hydrogens is 314 g/mol. The van der Waals surface area contributed by atoms with Crippen molar-refractivity contribution in [2.75, 3.05) is 52.5 Å². The summed E-state index contributed by atoms with van der Waals surface area (Å²) in [6, 6.07) is 1.58. The Balaban J connectivity index is 1.11. The first-order valence-corrected chi connectivity index (χ1v) is 10.6. The molecule has 3 heterocycles. The van der Waals surface area contributed by atoms with Crippen LogP contribution in [0.15, 0.2) is 0 Å². The second-order valence-corrected chi connectivity index (χ2v) is 9.09. The van der Waals surface area contributed by atoms with Crippen molar-refractivity contribution in [1.82, 2.24) is 14.7 Å². The largest absolute Gasteiger partial charge is 0.381 e. The lowest BCUT2D eigenvalue weighted by Gasteiger charge is -2.40. The summed E-state index contributed by atoms with van der Waals surface area (Å²) in [7, 11) is 0. The van der Waals surface area contributed by atoms with Gasteiger partial charge in [-0.25, -0.2) is 0 Å². The molecule has 3 aliphatic heterocycles. The van der Waals surface area contributed by atoms with Gasteiger partial charge in [0.05, 0.1) is 0 Å². The zero-order chi connectivity index (χ0) is 16.9. The summed E-state index contributed by atoms with van der Waals surface area (Å²) in [4.78, 5) is 20.4. The number of ether oxygens (including phenoxy) is 1. The summed E-state index contributed by atoms with van der Waals surface area (Å²) in [5.41, 5.74) is 0.367. The number of carbonyl (C=O) groups is 1. The van der Waals surface area contributed by atoms with E-state index in [2.05, 4.69) is 14.7 Å². The number of rotatable bonds is 3. The van der Waals surface area contributed by atoms with E-state index >= 15 is 0 Å². The summed E-state index contributed by atoms with van der Waals surface area (Å²) in [6.07, 6.45) is 8.79. The third kappa shape index (κ3) is 3.24. The molecule has 0 bridgehead atoms. The molecule has 1 unspecified atom stereocenters. The minimum atomic E-state index is 0.344. The van der Waals surface area contributed by atoms with E-state index in [-0.39, 0.29) is 0 Å². The minimum Gasteiger partial charge on any atom is -0.381 e. The van der Waals surface area contributed by atoms with E-state index in [1.165, 1.54) is 51.6 Å². The highest BCUT2D eigenvalue weighted by molar-refractivity contribution is 5.83. The van der Waals surface area contributed by atoms with Crippen molar-refractivity contribution in [3.8, 4) is 0 Å². The zero-order valence-electron chi connectivity index (χ0n) is 15.5. The van der Waals surface area contributed by atoms with Crippen LogP contribution in [0.5, 0.6) is 0 Å². The molecule has 0 radical (unpaired) electrons. The van der Waals surface area contributed by atoms with Gasteiger partial charge < -0.3 is 14.5 Å². The highest BCUT2D eigenvalue weighted by atomic mass is 16.5. The third-order valence-electron chi connectivity index (χ3n) is 7.68. The van der Waals surface area contributed by atoms with Crippen LogP contribution >= 0.6 is 0 Å². The number of amides is 1. The number of piperidine rings is 1. The van der Waals surface area contributed by atoms with Crippen LogP contribution < -0.4 is 0 Å². The molecule has 2 aliphatic carbocycles. The maximum Gasteiger partial charge on any atom is 0.226 e. The quantitative estimate of drug-likeness (QED) is 0.777. The Hall–Kier alpha value is -0.650. The summed E-state index contributed by atoms with van der Waals surface area (Å²) in [5, 5.41) is 0.